The van der Waals surface area contributed by atoms with Gasteiger partial charge in [0.1, 0.15) is 0 Å². The Morgan fingerprint density at radius 3 is 2.38 bits per heavy atom. The van der Waals surface area contributed by atoms with Gasteiger partial charge in [0, 0.05) is 17.0 Å². The lowest BCUT2D eigenvalue weighted by molar-refractivity contribution is 0.601. The van der Waals surface area contributed by atoms with E-state index in [-0.39, 0.29) is 6.04 Å². The summed E-state index contributed by atoms with van der Waals surface area (Å²) in [4.78, 5) is 0.300. The minimum Gasteiger partial charge on any atom is -0.356 e. The molecule has 2 N–H and O–H groups in total. The van der Waals surface area contributed by atoms with Crippen LogP contribution in [0, 0.1) is 6.92 Å². The Kier molecular flexibility index (Phi) is 5.85. The fraction of sp³-hybridized carbons (Fsp3) is 0.235. The summed E-state index contributed by atoms with van der Waals surface area (Å²) in [7, 11) is -3.19. The molecule has 0 aliphatic carbocycles. The average Bonchev–Trinajstić information content (AvgIpc) is 2.51. The van der Waals surface area contributed by atoms with E-state index in [1.165, 1.54) is 6.26 Å². The number of nitrogens with one attached hydrogen (secondary N) is 2. The van der Waals surface area contributed by atoms with Crippen molar-refractivity contribution in [3.8, 4) is 0 Å². The molecule has 0 heterocycles. The lowest BCUT2D eigenvalue weighted by atomic mass is 10.1. The van der Waals surface area contributed by atoms with Crippen LogP contribution >= 0.6 is 23.8 Å². The van der Waals surface area contributed by atoms with Crippen LogP contribution in [0.4, 0.5) is 5.69 Å². The molecule has 0 amide bonds. The van der Waals surface area contributed by atoms with E-state index in [0.717, 1.165) is 16.8 Å². The zero-order chi connectivity index (χ0) is 17.9. The van der Waals surface area contributed by atoms with E-state index in [0.29, 0.717) is 15.0 Å². The van der Waals surface area contributed by atoms with Crippen LogP contribution in [0.5, 0.6) is 0 Å². The Balaban J connectivity index is 2.05. The van der Waals surface area contributed by atoms with Gasteiger partial charge < -0.3 is 10.6 Å². The molecule has 2 rings (SSSR count). The maximum absolute atomic E-state index is 11.5. The second kappa shape index (κ2) is 7.51. The predicted octanol–water partition coefficient (Wildman–Crippen LogP) is 4.10. The van der Waals surface area contributed by atoms with Crippen LogP contribution in [0.25, 0.3) is 0 Å². The molecule has 24 heavy (non-hydrogen) atoms. The summed E-state index contributed by atoms with van der Waals surface area (Å²) in [6, 6.07) is 12.3. The average molecular weight is 383 g/mol. The second-order valence-corrected chi connectivity index (χ2v) is 8.40. The van der Waals surface area contributed by atoms with Gasteiger partial charge in [0.15, 0.2) is 14.9 Å². The summed E-state index contributed by atoms with van der Waals surface area (Å²) in [6.07, 6.45) is 1.19. The molecule has 0 fully saturated rings. The molecule has 0 saturated heterocycles. The second-order valence-electron chi connectivity index (χ2n) is 5.57. The summed E-state index contributed by atoms with van der Waals surface area (Å²) >= 11 is 11.4. The highest BCUT2D eigenvalue weighted by molar-refractivity contribution is 7.90. The summed E-state index contributed by atoms with van der Waals surface area (Å²) in [5.41, 5.74) is 2.71. The third kappa shape index (κ3) is 4.69. The Morgan fingerprint density at radius 1 is 1.17 bits per heavy atom. The van der Waals surface area contributed by atoms with Crippen molar-refractivity contribution in [2.24, 2.45) is 0 Å². The number of hydrogen-bond donors (Lipinski definition) is 2. The first-order chi connectivity index (χ1) is 11.2. The number of hydrogen-bond acceptors (Lipinski definition) is 3. The maximum atomic E-state index is 11.5. The SMILES string of the molecule is Cc1c(Cl)cccc1NC(=S)N[C@@H](C)c1ccc(S(C)(=O)=O)cc1. The van der Waals surface area contributed by atoms with Crippen LogP contribution in [0.1, 0.15) is 24.1 Å². The first-order valence-corrected chi connectivity index (χ1v) is 9.99. The monoisotopic (exact) mass is 382 g/mol. The topological polar surface area (TPSA) is 58.2 Å². The number of benzene rings is 2. The first kappa shape index (κ1) is 18.7. The molecular formula is C17H19ClN2O2S2. The molecule has 0 unspecified atom stereocenters. The lowest BCUT2D eigenvalue weighted by Crippen LogP contribution is -2.31. The quantitative estimate of drug-likeness (QED) is 0.779. The summed E-state index contributed by atoms with van der Waals surface area (Å²) in [6.45, 7) is 3.87. The van der Waals surface area contributed by atoms with Gasteiger partial charge in [-0.3, -0.25) is 0 Å². The van der Waals surface area contributed by atoms with Gasteiger partial charge >= 0.3 is 0 Å². The highest BCUT2D eigenvalue weighted by Gasteiger charge is 2.11. The standard InChI is InChI=1S/C17H19ClN2O2S2/c1-11-15(18)5-4-6-16(11)20-17(23)19-12(2)13-7-9-14(10-8-13)24(3,21)22/h4-10,12H,1-3H3,(H2,19,20,23)/t12-/m0/s1. The van der Waals surface area contributed by atoms with E-state index in [9.17, 15) is 8.42 Å². The minimum absolute atomic E-state index is 0.0712. The highest BCUT2D eigenvalue weighted by atomic mass is 35.5. The summed E-state index contributed by atoms with van der Waals surface area (Å²) in [5, 5.41) is 7.45. The van der Waals surface area contributed by atoms with E-state index in [1.54, 1.807) is 24.3 Å². The van der Waals surface area contributed by atoms with Gasteiger partial charge in [-0.15, -0.1) is 0 Å². The van der Waals surface area contributed by atoms with E-state index < -0.39 is 9.84 Å². The van der Waals surface area contributed by atoms with Gasteiger partial charge in [0.2, 0.25) is 0 Å². The molecule has 0 aromatic heterocycles. The third-order valence-electron chi connectivity index (χ3n) is 3.67. The van der Waals surface area contributed by atoms with Crippen molar-refractivity contribution in [1.29, 1.82) is 0 Å². The smallest absolute Gasteiger partial charge is 0.175 e. The zero-order valence-electron chi connectivity index (χ0n) is 13.6. The van der Waals surface area contributed by atoms with Crippen molar-refractivity contribution in [3.05, 3.63) is 58.6 Å². The predicted molar refractivity (Wildman–Crippen MR) is 104 cm³/mol. The lowest BCUT2D eigenvalue weighted by Gasteiger charge is -2.18. The van der Waals surface area contributed by atoms with Gasteiger partial charge in [-0.05, 0) is 61.5 Å². The molecule has 2 aromatic carbocycles. The third-order valence-corrected chi connectivity index (χ3v) is 5.43. The highest BCUT2D eigenvalue weighted by Crippen LogP contribution is 2.23. The fourth-order valence-corrected chi connectivity index (χ4v) is 3.28. The normalized spacial score (nSPS) is 12.5. The van der Waals surface area contributed by atoms with Crippen molar-refractivity contribution in [2.45, 2.75) is 24.8 Å². The van der Waals surface area contributed by atoms with Crippen LogP contribution in [0.2, 0.25) is 5.02 Å². The number of thiocarbonyl (C=S) groups is 1. The summed E-state index contributed by atoms with van der Waals surface area (Å²) in [5.74, 6) is 0. The maximum Gasteiger partial charge on any atom is 0.175 e. The van der Waals surface area contributed by atoms with Crippen LogP contribution in [0.3, 0.4) is 0 Å². The Bertz CT molecular complexity index is 849. The largest absolute Gasteiger partial charge is 0.356 e. The molecule has 2 aromatic rings. The van der Waals surface area contributed by atoms with Gasteiger partial charge in [-0.25, -0.2) is 8.42 Å². The molecule has 0 radical (unpaired) electrons. The van der Waals surface area contributed by atoms with Crippen LogP contribution < -0.4 is 10.6 Å². The van der Waals surface area contributed by atoms with Crippen molar-refractivity contribution < 1.29 is 8.42 Å². The molecule has 7 heteroatoms. The van der Waals surface area contributed by atoms with Gasteiger partial charge in [0.25, 0.3) is 0 Å². The van der Waals surface area contributed by atoms with Crippen molar-refractivity contribution >= 4 is 44.5 Å². The zero-order valence-corrected chi connectivity index (χ0v) is 16.0. The Hall–Kier alpha value is -1.63. The van der Waals surface area contributed by atoms with Crippen molar-refractivity contribution in [1.82, 2.24) is 5.32 Å². The molecule has 1 atom stereocenters. The summed E-state index contributed by atoms with van der Waals surface area (Å²) < 4.78 is 23.0. The van der Waals surface area contributed by atoms with E-state index in [2.05, 4.69) is 10.6 Å². The van der Waals surface area contributed by atoms with E-state index in [1.807, 2.05) is 32.0 Å². The number of anilines is 1. The van der Waals surface area contributed by atoms with Gasteiger partial charge in [-0.2, -0.15) is 0 Å². The van der Waals surface area contributed by atoms with E-state index in [4.69, 9.17) is 23.8 Å². The van der Waals surface area contributed by atoms with Crippen molar-refractivity contribution in [3.63, 3.8) is 0 Å². The molecule has 128 valence electrons. The molecule has 0 aliphatic rings. The molecule has 0 bridgehead atoms. The number of halogens is 1. The molecular weight excluding hydrogens is 364 g/mol. The van der Waals surface area contributed by atoms with Gasteiger partial charge in [0.05, 0.1) is 10.9 Å². The first-order valence-electron chi connectivity index (χ1n) is 7.31. The minimum atomic E-state index is -3.19. The molecule has 0 spiro atoms. The van der Waals surface area contributed by atoms with Gasteiger partial charge in [-0.1, -0.05) is 29.8 Å². The van der Waals surface area contributed by atoms with Crippen molar-refractivity contribution in [2.75, 3.05) is 11.6 Å². The number of rotatable bonds is 4. The van der Waals surface area contributed by atoms with Crippen LogP contribution in [-0.2, 0) is 9.84 Å². The molecule has 4 nitrogen and oxygen atoms in total. The van der Waals surface area contributed by atoms with E-state index >= 15 is 0 Å². The fourth-order valence-electron chi connectivity index (χ4n) is 2.18. The molecule has 0 aliphatic heterocycles. The Labute approximate surface area is 153 Å². The van der Waals surface area contributed by atoms with Crippen LogP contribution in [-0.4, -0.2) is 19.8 Å². The molecule has 0 saturated carbocycles. The van der Waals surface area contributed by atoms with Crippen LogP contribution in [0.15, 0.2) is 47.4 Å². The Morgan fingerprint density at radius 2 is 1.79 bits per heavy atom. The number of sulfone groups is 1.